The zero-order chi connectivity index (χ0) is 38.3. The Hall–Kier alpha value is -5.86. The summed E-state index contributed by atoms with van der Waals surface area (Å²) in [6.07, 6.45) is -0.114. The Bertz CT molecular complexity index is 1830. The first-order valence-electron chi connectivity index (χ1n) is 16.9. The number of phenols is 2. The molecule has 13 nitrogen and oxygen atoms in total. The van der Waals surface area contributed by atoms with Crippen molar-refractivity contribution in [1.29, 1.82) is 0 Å². The van der Waals surface area contributed by atoms with E-state index in [0.717, 1.165) is 0 Å². The number of nitrogens with one attached hydrogen (secondary N) is 4. The van der Waals surface area contributed by atoms with Crippen molar-refractivity contribution in [3.8, 4) is 11.5 Å². The van der Waals surface area contributed by atoms with Crippen LogP contribution in [0.5, 0.6) is 11.5 Å². The molecule has 278 valence electrons. The Labute approximate surface area is 312 Å². The van der Waals surface area contributed by atoms with Gasteiger partial charge in [0.1, 0.15) is 35.7 Å². The highest BCUT2D eigenvalue weighted by atomic mass is 32.1. The highest BCUT2D eigenvalue weighted by molar-refractivity contribution is 7.80. The van der Waals surface area contributed by atoms with E-state index in [-0.39, 0.29) is 42.9 Å². The maximum absolute atomic E-state index is 14.1. The van der Waals surface area contributed by atoms with Crippen molar-refractivity contribution in [1.82, 2.24) is 21.3 Å². The van der Waals surface area contributed by atoms with Crippen LogP contribution >= 0.6 is 12.6 Å². The van der Waals surface area contributed by atoms with Crippen molar-refractivity contribution in [3.05, 3.63) is 131 Å². The highest BCUT2D eigenvalue weighted by Crippen LogP contribution is 2.15. The number of amides is 4. The van der Waals surface area contributed by atoms with Crippen molar-refractivity contribution in [2.24, 2.45) is 5.73 Å². The quantitative estimate of drug-likeness (QED) is 0.0676. The molecule has 0 unspecified atom stereocenters. The molecule has 0 saturated carbocycles. The average molecular weight is 742 g/mol. The van der Waals surface area contributed by atoms with E-state index in [1.807, 2.05) is 0 Å². The van der Waals surface area contributed by atoms with Gasteiger partial charge in [0.15, 0.2) is 0 Å². The van der Waals surface area contributed by atoms with E-state index in [1.165, 1.54) is 24.3 Å². The van der Waals surface area contributed by atoms with Crippen LogP contribution in [0.15, 0.2) is 109 Å². The molecular formula is C39H43N5O8S. The van der Waals surface area contributed by atoms with Crippen molar-refractivity contribution in [2.75, 3.05) is 5.75 Å². The SMILES string of the molecule is N[C@@H](CS)C(=O)N[C@@H](Cc1ccc(O)cc1)C(=O)N[C@@H](Cc1ccccc1)C(=O)N[C@@H](Cc1ccc(O)cc1)C(=O)N[C@@H](Cc1ccccc1)C(=O)O. The van der Waals surface area contributed by atoms with Gasteiger partial charge < -0.3 is 42.3 Å². The Morgan fingerprint density at radius 3 is 1.13 bits per heavy atom. The molecule has 0 aliphatic carbocycles. The molecule has 0 aliphatic rings. The van der Waals surface area contributed by atoms with Crippen molar-refractivity contribution < 1.29 is 39.3 Å². The molecule has 0 aromatic heterocycles. The van der Waals surface area contributed by atoms with E-state index >= 15 is 0 Å². The average Bonchev–Trinajstić information content (AvgIpc) is 3.15. The van der Waals surface area contributed by atoms with Gasteiger partial charge in [0.05, 0.1) is 6.04 Å². The zero-order valence-corrected chi connectivity index (χ0v) is 29.6. The molecular weight excluding hydrogens is 699 g/mol. The van der Waals surface area contributed by atoms with Gasteiger partial charge in [-0.1, -0.05) is 84.9 Å². The Morgan fingerprint density at radius 2 is 0.792 bits per heavy atom. The van der Waals surface area contributed by atoms with Crippen LogP contribution in [0.2, 0.25) is 0 Å². The van der Waals surface area contributed by atoms with Gasteiger partial charge in [0, 0.05) is 31.4 Å². The second kappa shape index (κ2) is 19.7. The number of hydrogen-bond acceptors (Lipinski definition) is 9. The van der Waals surface area contributed by atoms with Crippen LogP contribution in [0.1, 0.15) is 22.3 Å². The van der Waals surface area contributed by atoms with E-state index in [0.29, 0.717) is 22.3 Å². The largest absolute Gasteiger partial charge is 0.508 e. The van der Waals surface area contributed by atoms with Gasteiger partial charge in [-0.2, -0.15) is 12.6 Å². The molecule has 0 aliphatic heterocycles. The Morgan fingerprint density at radius 1 is 0.491 bits per heavy atom. The van der Waals surface area contributed by atoms with Crippen molar-refractivity contribution >= 4 is 42.2 Å². The summed E-state index contributed by atoms with van der Waals surface area (Å²) in [6.45, 7) is 0. The molecule has 14 heteroatoms. The summed E-state index contributed by atoms with van der Waals surface area (Å²) in [7, 11) is 0. The zero-order valence-electron chi connectivity index (χ0n) is 28.7. The fourth-order valence-electron chi connectivity index (χ4n) is 5.44. The number of carboxylic acids is 1. The topological polar surface area (TPSA) is 220 Å². The number of benzene rings is 4. The number of rotatable bonds is 18. The van der Waals surface area contributed by atoms with Gasteiger partial charge in [0.2, 0.25) is 23.6 Å². The molecule has 0 saturated heterocycles. The minimum absolute atomic E-state index is 0.00620. The fourth-order valence-corrected chi connectivity index (χ4v) is 5.61. The van der Waals surface area contributed by atoms with Gasteiger partial charge in [-0.3, -0.25) is 19.2 Å². The van der Waals surface area contributed by atoms with E-state index in [2.05, 4.69) is 33.9 Å². The molecule has 0 spiro atoms. The maximum Gasteiger partial charge on any atom is 0.326 e. The lowest BCUT2D eigenvalue weighted by Gasteiger charge is -2.27. The minimum atomic E-state index is -1.32. The summed E-state index contributed by atoms with van der Waals surface area (Å²) in [5, 5.41) is 40.1. The molecule has 4 amide bonds. The Balaban J connectivity index is 1.62. The van der Waals surface area contributed by atoms with E-state index in [4.69, 9.17) is 5.73 Å². The standard InChI is InChI=1S/C39H43N5O8S/c40-30(23-53)35(47)41-31(20-26-11-15-28(45)16-12-26)36(48)42-32(19-24-7-3-1-4-8-24)37(49)43-33(21-27-13-17-29(46)18-14-27)38(50)44-34(39(51)52)22-25-9-5-2-6-10-25/h1-18,30-34,45-46,53H,19-23,40H2,(H,41,47)(H,42,48)(H,43,49)(H,44,50)(H,51,52)/t30-,31-,32-,33-,34-/m0/s1. The van der Waals surface area contributed by atoms with Crippen LogP contribution in [0.3, 0.4) is 0 Å². The molecule has 0 heterocycles. The monoisotopic (exact) mass is 741 g/mol. The van der Waals surface area contributed by atoms with Crippen molar-refractivity contribution in [3.63, 3.8) is 0 Å². The molecule has 4 aromatic carbocycles. The number of carboxylic acid groups (broad SMARTS) is 1. The van der Waals surface area contributed by atoms with Crippen LogP contribution in [0.4, 0.5) is 0 Å². The van der Waals surface area contributed by atoms with E-state index in [9.17, 15) is 39.3 Å². The summed E-state index contributed by atoms with van der Waals surface area (Å²) in [5.41, 5.74) is 8.38. The molecule has 0 bridgehead atoms. The third-order valence-electron chi connectivity index (χ3n) is 8.36. The maximum atomic E-state index is 14.1. The molecule has 9 N–H and O–H groups in total. The first kappa shape index (κ1) is 39.9. The summed E-state index contributed by atoms with van der Waals surface area (Å²) in [5.74, 6) is -4.16. The summed E-state index contributed by atoms with van der Waals surface area (Å²) < 4.78 is 0. The lowest BCUT2D eigenvalue weighted by molar-refractivity contribution is -0.142. The van der Waals surface area contributed by atoms with Gasteiger partial charge in [-0.25, -0.2) is 4.79 Å². The molecule has 4 rings (SSSR count). The van der Waals surface area contributed by atoms with Gasteiger partial charge in [0.25, 0.3) is 0 Å². The number of hydrogen-bond donors (Lipinski definition) is 9. The molecule has 53 heavy (non-hydrogen) atoms. The summed E-state index contributed by atoms with van der Waals surface area (Å²) in [6, 6.07) is 23.5. The van der Waals surface area contributed by atoms with Crippen LogP contribution in [0, 0.1) is 0 Å². The minimum Gasteiger partial charge on any atom is -0.508 e. The number of nitrogens with two attached hydrogens (primary N) is 1. The molecule has 0 radical (unpaired) electrons. The number of thiol groups is 1. The number of phenolic OH excluding ortho intramolecular Hbond substituents is 2. The molecule has 5 atom stereocenters. The summed E-state index contributed by atoms with van der Waals surface area (Å²) >= 11 is 4.08. The third kappa shape index (κ3) is 12.7. The molecule has 4 aromatic rings. The predicted octanol–water partition coefficient (Wildman–Crippen LogP) is 1.65. The second-order valence-corrected chi connectivity index (χ2v) is 12.9. The highest BCUT2D eigenvalue weighted by Gasteiger charge is 2.32. The number of aliphatic carboxylic acids is 1. The van der Waals surface area contributed by atoms with Crippen LogP contribution in [-0.2, 0) is 49.7 Å². The first-order chi connectivity index (χ1) is 25.4. The smallest absolute Gasteiger partial charge is 0.326 e. The number of carbonyl (C=O) groups is 5. The third-order valence-corrected chi connectivity index (χ3v) is 8.76. The van der Waals surface area contributed by atoms with Gasteiger partial charge in [-0.15, -0.1) is 0 Å². The Kier molecular flexibility index (Phi) is 14.8. The second-order valence-electron chi connectivity index (χ2n) is 12.5. The van der Waals surface area contributed by atoms with Crippen LogP contribution in [0.25, 0.3) is 0 Å². The van der Waals surface area contributed by atoms with Crippen LogP contribution in [-0.4, -0.2) is 80.9 Å². The lowest BCUT2D eigenvalue weighted by Crippen LogP contribution is -2.59. The number of aromatic hydroxyl groups is 2. The molecule has 0 fully saturated rings. The predicted molar refractivity (Wildman–Crippen MR) is 201 cm³/mol. The first-order valence-corrected chi connectivity index (χ1v) is 17.5. The van der Waals surface area contributed by atoms with Crippen molar-refractivity contribution in [2.45, 2.75) is 55.9 Å². The van der Waals surface area contributed by atoms with Crippen LogP contribution < -0.4 is 27.0 Å². The lowest BCUT2D eigenvalue weighted by atomic mass is 10.00. The van der Waals surface area contributed by atoms with Gasteiger partial charge >= 0.3 is 5.97 Å². The van der Waals surface area contributed by atoms with E-state index < -0.39 is 59.8 Å². The normalized spacial score (nSPS) is 13.7. The van der Waals surface area contributed by atoms with E-state index in [1.54, 1.807) is 84.9 Å². The van der Waals surface area contributed by atoms with Gasteiger partial charge in [-0.05, 0) is 46.5 Å². The fraction of sp³-hybridized carbons (Fsp3) is 0.256. The number of carbonyl (C=O) groups excluding carboxylic acids is 4. The summed E-state index contributed by atoms with van der Waals surface area (Å²) in [4.78, 5) is 66.9.